The zero-order chi connectivity index (χ0) is 15.4. The molecule has 0 saturated carbocycles. The summed E-state index contributed by atoms with van der Waals surface area (Å²) >= 11 is 5.70. The number of carbonyl (C=O) groups is 1. The number of nitro groups is 1. The maximum Gasteiger partial charge on any atom is 0.358 e. The summed E-state index contributed by atoms with van der Waals surface area (Å²) in [5, 5.41) is 11.1. The van der Waals surface area contributed by atoms with E-state index in [0.29, 0.717) is 0 Å². The van der Waals surface area contributed by atoms with Crippen LogP contribution in [-0.4, -0.2) is 28.0 Å². The van der Waals surface area contributed by atoms with Crippen molar-refractivity contribution in [3.05, 3.63) is 51.4 Å². The number of carbonyl (C=O) groups excluding carboxylic acids is 1. The van der Waals surface area contributed by atoms with Crippen LogP contribution in [0.4, 0.5) is 5.69 Å². The highest BCUT2D eigenvalue weighted by Gasteiger charge is 2.17. The molecule has 1 aromatic carbocycles. The number of aromatic nitrogens is 2. The number of benzene rings is 1. The van der Waals surface area contributed by atoms with Crippen LogP contribution >= 0.6 is 11.6 Å². The molecule has 0 fully saturated rings. The van der Waals surface area contributed by atoms with Gasteiger partial charge in [0.2, 0.25) is 11.6 Å². The highest BCUT2D eigenvalue weighted by Crippen LogP contribution is 2.32. The van der Waals surface area contributed by atoms with Gasteiger partial charge in [-0.05, 0) is 12.1 Å². The molecule has 2 rings (SSSR count). The van der Waals surface area contributed by atoms with Crippen molar-refractivity contribution in [3.8, 4) is 11.6 Å². The van der Waals surface area contributed by atoms with Crippen molar-refractivity contribution in [2.75, 3.05) is 7.11 Å². The van der Waals surface area contributed by atoms with Gasteiger partial charge in [0.05, 0.1) is 24.4 Å². The lowest BCUT2D eigenvalue weighted by atomic mass is 10.3. The van der Waals surface area contributed by atoms with E-state index in [1.807, 2.05) is 0 Å². The molecule has 0 amide bonds. The molecule has 21 heavy (non-hydrogen) atoms. The number of halogens is 1. The van der Waals surface area contributed by atoms with Gasteiger partial charge in [-0.25, -0.2) is 14.8 Å². The summed E-state index contributed by atoms with van der Waals surface area (Å²) in [6.45, 7) is 0. The first kappa shape index (κ1) is 14.7. The van der Waals surface area contributed by atoms with E-state index in [0.717, 1.165) is 18.5 Å². The van der Waals surface area contributed by atoms with Gasteiger partial charge in [-0.1, -0.05) is 11.6 Å². The SMILES string of the molecule is COC(=O)c1cnc(Oc2ccc(Cl)cc2[N+](=O)[O-])cn1. The zero-order valence-electron chi connectivity index (χ0n) is 10.6. The van der Waals surface area contributed by atoms with Crippen molar-refractivity contribution in [2.24, 2.45) is 0 Å². The van der Waals surface area contributed by atoms with Crippen LogP contribution in [-0.2, 0) is 4.74 Å². The van der Waals surface area contributed by atoms with E-state index >= 15 is 0 Å². The molecule has 0 aliphatic carbocycles. The number of methoxy groups -OCH3 is 1. The number of esters is 1. The summed E-state index contributed by atoms with van der Waals surface area (Å²) in [6, 6.07) is 3.95. The van der Waals surface area contributed by atoms with E-state index in [2.05, 4.69) is 14.7 Å². The fourth-order valence-corrected chi connectivity index (χ4v) is 1.58. The number of nitrogens with zero attached hydrogens (tertiary/aromatic N) is 3. The van der Waals surface area contributed by atoms with Gasteiger partial charge in [-0.3, -0.25) is 10.1 Å². The molecule has 0 atom stereocenters. The summed E-state index contributed by atoms with van der Waals surface area (Å²) in [6.07, 6.45) is 2.30. The number of nitro benzene ring substituents is 1. The Kier molecular flexibility index (Phi) is 4.29. The topological polar surface area (TPSA) is 104 Å². The van der Waals surface area contributed by atoms with Crippen LogP contribution < -0.4 is 4.74 Å². The first-order valence-electron chi connectivity index (χ1n) is 5.53. The second-order valence-electron chi connectivity index (χ2n) is 3.70. The van der Waals surface area contributed by atoms with Gasteiger partial charge in [0.15, 0.2) is 5.69 Å². The van der Waals surface area contributed by atoms with Gasteiger partial charge in [0.25, 0.3) is 0 Å². The first-order chi connectivity index (χ1) is 10.0. The molecular weight excluding hydrogens is 302 g/mol. The minimum atomic E-state index is -0.647. The number of ether oxygens (including phenoxy) is 2. The summed E-state index contributed by atoms with van der Waals surface area (Å²) in [5.74, 6) is -0.691. The van der Waals surface area contributed by atoms with Crippen molar-refractivity contribution in [1.82, 2.24) is 9.97 Å². The molecule has 8 nitrogen and oxygen atoms in total. The Morgan fingerprint density at radius 3 is 2.67 bits per heavy atom. The summed E-state index contributed by atoms with van der Waals surface area (Å²) in [4.78, 5) is 29.1. The number of hydrogen-bond acceptors (Lipinski definition) is 7. The van der Waals surface area contributed by atoms with Gasteiger partial charge in [0, 0.05) is 11.1 Å². The summed E-state index contributed by atoms with van der Waals surface area (Å²) < 4.78 is 9.74. The second-order valence-corrected chi connectivity index (χ2v) is 4.14. The van der Waals surface area contributed by atoms with Crippen molar-refractivity contribution in [1.29, 1.82) is 0 Å². The molecule has 0 spiro atoms. The highest BCUT2D eigenvalue weighted by atomic mass is 35.5. The van der Waals surface area contributed by atoms with E-state index in [1.165, 1.54) is 19.2 Å². The molecule has 0 saturated heterocycles. The predicted octanol–water partition coefficient (Wildman–Crippen LogP) is 2.62. The largest absolute Gasteiger partial charge is 0.464 e. The Balaban J connectivity index is 2.26. The van der Waals surface area contributed by atoms with Crippen molar-refractivity contribution in [2.45, 2.75) is 0 Å². The molecule has 0 aliphatic rings. The number of hydrogen-bond donors (Lipinski definition) is 0. The third kappa shape index (κ3) is 3.42. The Bertz CT molecular complexity index is 690. The van der Waals surface area contributed by atoms with Gasteiger partial charge < -0.3 is 9.47 Å². The lowest BCUT2D eigenvalue weighted by molar-refractivity contribution is -0.385. The molecule has 1 aromatic heterocycles. The van der Waals surface area contributed by atoms with Gasteiger partial charge in [0.1, 0.15) is 0 Å². The van der Waals surface area contributed by atoms with Crippen LogP contribution in [0.2, 0.25) is 5.02 Å². The molecule has 2 aromatic rings. The maximum atomic E-state index is 11.2. The van der Waals surface area contributed by atoms with Crippen LogP contribution in [0, 0.1) is 10.1 Å². The Hall–Kier alpha value is -2.74. The average Bonchev–Trinajstić information content (AvgIpc) is 2.49. The number of rotatable bonds is 4. The summed E-state index contributed by atoms with van der Waals surface area (Å²) in [7, 11) is 1.21. The molecule has 0 unspecified atom stereocenters. The minimum Gasteiger partial charge on any atom is -0.464 e. The highest BCUT2D eigenvalue weighted by molar-refractivity contribution is 6.30. The molecular formula is C12H8ClN3O5. The lowest BCUT2D eigenvalue weighted by Crippen LogP contribution is -2.05. The summed E-state index contributed by atoms with van der Waals surface area (Å²) in [5.41, 5.74) is -0.309. The molecule has 0 radical (unpaired) electrons. The van der Waals surface area contributed by atoms with Gasteiger partial charge in [-0.15, -0.1) is 0 Å². The third-order valence-corrected chi connectivity index (χ3v) is 2.59. The molecule has 0 aliphatic heterocycles. The van der Waals surface area contributed by atoms with Crippen LogP contribution in [0.5, 0.6) is 11.6 Å². The van der Waals surface area contributed by atoms with Crippen LogP contribution in [0.1, 0.15) is 10.5 Å². The quantitative estimate of drug-likeness (QED) is 0.485. The van der Waals surface area contributed by atoms with Gasteiger partial charge >= 0.3 is 11.7 Å². The van der Waals surface area contributed by atoms with E-state index in [4.69, 9.17) is 16.3 Å². The Morgan fingerprint density at radius 1 is 1.33 bits per heavy atom. The third-order valence-electron chi connectivity index (χ3n) is 2.35. The average molecular weight is 310 g/mol. The molecule has 9 heteroatoms. The molecule has 1 heterocycles. The van der Waals surface area contributed by atoms with Crippen LogP contribution in [0.25, 0.3) is 0 Å². The van der Waals surface area contributed by atoms with Crippen molar-refractivity contribution in [3.63, 3.8) is 0 Å². The van der Waals surface area contributed by atoms with E-state index in [9.17, 15) is 14.9 Å². The first-order valence-corrected chi connectivity index (χ1v) is 5.91. The molecule has 0 bridgehead atoms. The minimum absolute atomic E-state index is 0.00421. The van der Waals surface area contributed by atoms with Crippen LogP contribution in [0.3, 0.4) is 0 Å². The van der Waals surface area contributed by atoms with Crippen molar-refractivity contribution >= 4 is 23.3 Å². The zero-order valence-corrected chi connectivity index (χ0v) is 11.4. The fourth-order valence-electron chi connectivity index (χ4n) is 1.41. The molecule has 0 N–H and O–H groups in total. The van der Waals surface area contributed by atoms with E-state index in [1.54, 1.807) is 0 Å². The normalized spacial score (nSPS) is 10.0. The van der Waals surface area contributed by atoms with E-state index < -0.39 is 10.9 Å². The monoisotopic (exact) mass is 309 g/mol. The van der Waals surface area contributed by atoms with Crippen molar-refractivity contribution < 1.29 is 19.2 Å². The lowest BCUT2D eigenvalue weighted by Gasteiger charge is -2.05. The maximum absolute atomic E-state index is 11.2. The van der Waals surface area contributed by atoms with Gasteiger partial charge in [-0.2, -0.15) is 0 Å². The second kappa shape index (κ2) is 6.14. The predicted molar refractivity (Wildman–Crippen MR) is 71.6 cm³/mol. The molecule has 108 valence electrons. The fraction of sp³-hybridized carbons (Fsp3) is 0.0833. The Labute approximate surface area is 123 Å². The van der Waals surface area contributed by atoms with E-state index in [-0.39, 0.29) is 28.0 Å². The Morgan fingerprint density at radius 2 is 2.10 bits per heavy atom. The van der Waals surface area contributed by atoms with Crippen LogP contribution in [0.15, 0.2) is 30.6 Å². The smallest absolute Gasteiger partial charge is 0.358 e. The standard InChI is InChI=1S/C12H8ClN3O5/c1-20-12(17)8-5-15-11(6-14-8)21-10-3-2-7(13)4-9(10)16(18)19/h2-6H,1H3.